The Bertz CT molecular complexity index is 402. The highest BCUT2D eigenvalue weighted by atomic mass is 79.9. The number of halogens is 2. The zero-order valence-corrected chi connectivity index (χ0v) is 12.6. The third-order valence-electron chi connectivity index (χ3n) is 2.26. The van der Waals surface area contributed by atoms with Crippen LogP contribution >= 0.6 is 27.5 Å². The third kappa shape index (κ3) is 3.71. The van der Waals surface area contributed by atoms with Crippen LogP contribution in [0, 0.1) is 0 Å². The lowest BCUT2D eigenvalue weighted by atomic mass is 10.3. The molecule has 0 saturated carbocycles. The van der Waals surface area contributed by atoms with E-state index in [1.807, 2.05) is 18.9 Å². The second kappa shape index (κ2) is 5.98. The molecule has 0 radical (unpaired) electrons. The van der Waals surface area contributed by atoms with Crippen LogP contribution in [0.25, 0.3) is 0 Å². The van der Waals surface area contributed by atoms with Crippen molar-refractivity contribution in [3.05, 3.63) is 21.8 Å². The van der Waals surface area contributed by atoms with Crippen molar-refractivity contribution >= 4 is 44.1 Å². The van der Waals surface area contributed by atoms with E-state index >= 15 is 0 Å². The predicted molar refractivity (Wildman–Crippen MR) is 73.7 cm³/mol. The van der Waals surface area contributed by atoms with E-state index < -0.39 is 10.8 Å². The first kappa shape index (κ1) is 13.9. The van der Waals surface area contributed by atoms with E-state index in [4.69, 9.17) is 11.6 Å². The summed E-state index contributed by atoms with van der Waals surface area (Å²) >= 11 is 9.24. The van der Waals surface area contributed by atoms with E-state index in [1.165, 1.54) is 0 Å². The Balaban J connectivity index is 2.87. The summed E-state index contributed by atoms with van der Waals surface area (Å²) in [5.41, 5.74) is 0. The summed E-state index contributed by atoms with van der Waals surface area (Å²) < 4.78 is 12.0. The van der Waals surface area contributed by atoms with Gasteiger partial charge in [-0.05, 0) is 28.9 Å². The fourth-order valence-electron chi connectivity index (χ4n) is 1.33. The van der Waals surface area contributed by atoms with Gasteiger partial charge in [-0.1, -0.05) is 11.6 Å². The lowest BCUT2D eigenvalue weighted by molar-refractivity contribution is 0.673. The summed E-state index contributed by atoms with van der Waals surface area (Å²) in [6.07, 6.45) is 3.31. The Kier molecular flexibility index (Phi) is 5.21. The van der Waals surface area contributed by atoms with Gasteiger partial charge in [-0.2, -0.15) is 0 Å². The number of pyridine rings is 1. The molecule has 0 saturated heterocycles. The average Bonchev–Trinajstić information content (AvgIpc) is 2.15. The Morgan fingerprint density at radius 2 is 2.31 bits per heavy atom. The zero-order chi connectivity index (χ0) is 12.3. The van der Waals surface area contributed by atoms with Gasteiger partial charge in [0.1, 0.15) is 5.82 Å². The Morgan fingerprint density at radius 1 is 1.69 bits per heavy atom. The van der Waals surface area contributed by atoms with Crippen molar-refractivity contribution in [2.75, 3.05) is 24.0 Å². The Hall–Kier alpha value is -0.130. The molecule has 1 aromatic rings. The second-order valence-electron chi connectivity index (χ2n) is 3.66. The van der Waals surface area contributed by atoms with Crippen LogP contribution in [-0.2, 0) is 10.8 Å². The highest BCUT2D eigenvalue weighted by molar-refractivity contribution is 9.10. The molecule has 0 fully saturated rings. The van der Waals surface area contributed by atoms with E-state index in [2.05, 4.69) is 20.9 Å². The fraction of sp³-hybridized carbons (Fsp3) is 0.500. The van der Waals surface area contributed by atoms with Crippen LogP contribution in [0.5, 0.6) is 0 Å². The van der Waals surface area contributed by atoms with Crippen LogP contribution in [-0.4, -0.2) is 34.3 Å². The summed E-state index contributed by atoms with van der Waals surface area (Å²) in [5, 5.41) is 0.593. The molecule has 90 valence electrons. The van der Waals surface area contributed by atoms with Gasteiger partial charge in [0.15, 0.2) is 0 Å². The monoisotopic (exact) mass is 324 g/mol. The normalized spacial score (nSPS) is 14.6. The number of nitrogens with zero attached hydrogens (tertiary/aromatic N) is 2. The summed E-state index contributed by atoms with van der Waals surface area (Å²) in [6.45, 7) is 2.02. The molecule has 0 N–H and O–H groups in total. The molecule has 3 nitrogen and oxygen atoms in total. The third-order valence-corrected chi connectivity index (χ3v) is 4.00. The van der Waals surface area contributed by atoms with Gasteiger partial charge in [0.05, 0.1) is 9.50 Å². The maximum Gasteiger partial charge on any atom is 0.142 e. The van der Waals surface area contributed by atoms with Gasteiger partial charge in [0.25, 0.3) is 0 Å². The van der Waals surface area contributed by atoms with Crippen molar-refractivity contribution < 1.29 is 4.21 Å². The van der Waals surface area contributed by atoms with Gasteiger partial charge in [-0.15, -0.1) is 0 Å². The zero-order valence-electron chi connectivity index (χ0n) is 9.41. The van der Waals surface area contributed by atoms with Crippen molar-refractivity contribution in [2.24, 2.45) is 0 Å². The van der Waals surface area contributed by atoms with Gasteiger partial charge in [-0.3, -0.25) is 4.21 Å². The standard InChI is InChI=1S/C10H14BrClN2OS/c1-7(6-16(3)15)14(2)10-9(11)4-8(12)5-13-10/h4-5,7H,6H2,1-3H3/t7-,16-/m0/s1. The highest BCUT2D eigenvalue weighted by Crippen LogP contribution is 2.26. The summed E-state index contributed by atoms with van der Waals surface area (Å²) in [6, 6.07) is 1.96. The van der Waals surface area contributed by atoms with E-state index in [0.29, 0.717) is 10.8 Å². The second-order valence-corrected chi connectivity index (χ2v) is 6.43. The molecule has 0 spiro atoms. The largest absolute Gasteiger partial charge is 0.355 e. The van der Waals surface area contributed by atoms with Crippen molar-refractivity contribution in [1.29, 1.82) is 0 Å². The molecule has 0 bridgehead atoms. The topological polar surface area (TPSA) is 33.2 Å². The summed E-state index contributed by atoms with van der Waals surface area (Å²) in [7, 11) is 1.12. The minimum absolute atomic E-state index is 0.163. The van der Waals surface area contributed by atoms with E-state index in [-0.39, 0.29) is 6.04 Å². The number of anilines is 1. The van der Waals surface area contributed by atoms with Gasteiger partial charge >= 0.3 is 0 Å². The van der Waals surface area contributed by atoms with Crippen molar-refractivity contribution in [3.63, 3.8) is 0 Å². The predicted octanol–water partition coefficient (Wildman–Crippen LogP) is 2.70. The maximum atomic E-state index is 11.2. The van der Waals surface area contributed by atoms with Gasteiger partial charge < -0.3 is 4.90 Å². The number of hydrogen-bond donors (Lipinski definition) is 0. The van der Waals surface area contributed by atoms with Crippen LogP contribution in [0.3, 0.4) is 0 Å². The van der Waals surface area contributed by atoms with E-state index in [9.17, 15) is 4.21 Å². The number of aromatic nitrogens is 1. The summed E-state index contributed by atoms with van der Waals surface area (Å²) in [5.74, 6) is 1.43. The SMILES string of the molecule is C[C@@H](C[S@](C)=O)N(C)c1ncc(Cl)cc1Br. The molecular weight excluding hydrogens is 312 g/mol. The fourth-order valence-corrected chi connectivity index (χ4v) is 3.15. The summed E-state index contributed by atoms with van der Waals surface area (Å²) in [4.78, 5) is 6.24. The molecule has 0 aliphatic carbocycles. The Morgan fingerprint density at radius 3 is 2.81 bits per heavy atom. The number of rotatable bonds is 4. The molecule has 1 rings (SSSR count). The van der Waals surface area contributed by atoms with E-state index in [0.717, 1.165) is 10.3 Å². The molecular formula is C10H14BrClN2OS. The first-order valence-corrected chi connectivity index (χ1v) is 7.65. The molecule has 0 aliphatic rings. The molecule has 1 aromatic heterocycles. The molecule has 0 amide bonds. The first-order chi connectivity index (χ1) is 7.41. The molecule has 6 heteroatoms. The van der Waals surface area contributed by atoms with Crippen LogP contribution in [0.1, 0.15) is 6.92 Å². The molecule has 0 aromatic carbocycles. The lowest BCUT2D eigenvalue weighted by Gasteiger charge is -2.26. The number of hydrogen-bond acceptors (Lipinski definition) is 3. The molecule has 16 heavy (non-hydrogen) atoms. The smallest absolute Gasteiger partial charge is 0.142 e. The Labute approximate surface area is 112 Å². The quantitative estimate of drug-likeness (QED) is 0.853. The highest BCUT2D eigenvalue weighted by Gasteiger charge is 2.15. The molecule has 0 aliphatic heterocycles. The van der Waals surface area contributed by atoms with Gasteiger partial charge in [-0.25, -0.2) is 4.98 Å². The maximum absolute atomic E-state index is 11.2. The van der Waals surface area contributed by atoms with Crippen molar-refractivity contribution in [3.8, 4) is 0 Å². The van der Waals surface area contributed by atoms with Gasteiger partial charge in [0, 0.05) is 42.1 Å². The molecule has 0 unspecified atom stereocenters. The minimum Gasteiger partial charge on any atom is -0.355 e. The molecule has 1 heterocycles. The van der Waals surface area contributed by atoms with Crippen LogP contribution in [0.15, 0.2) is 16.7 Å². The average molecular weight is 326 g/mol. The lowest BCUT2D eigenvalue weighted by Crippen LogP contribution is -2.34. The molecule has 2 atom stereocenters. The van der Waals surface area contributed by atoms with Crippen LogP contribution < -0.4 is 4.90 Å². The van der Waals surface area contributed by atoms with Crippen LogP contribution in [0.2, 0.25) is 5.02 Å². The van der Waals surface area contributed by atoms with Gasteiger partial charge in [0.2, 0.25) is 0 Å². The first-order valence-electron chi connectivity index (χ1n) is 4.75. The minimum atomic E-state index is -0.812. The van der Waals surface area contributed by atoms with Crippen molar-refractivity contribution in [1.82, 2.24) is 4.98 Å². The van der Waals surface area contributed by atoms with Crippen LogP contribution in [0.4, 0.5) is 5.82 Å². The van der Waals surface area contributed by atoms with E-state index in [1.54, 1.807) is 18.5 Å². The van der Waals surface area contributed by atoms with Crippen molar-refractivity contribution in [2.45, 2.75) is 13.0 Å².